The van der Waals surface area contributed by atoms with Crippen molar-refractivity contribution in [2.45, 2.75) is 4.90 Å². The molecular formula is C13H12BrNO3S. The van der Waals surface area contributed by atoms with Gasteiger partial charge in [0.2, 0.25) is 10.0 Å². The highest BCUT2D eigenvalue weighted by Crippen LogP contribution is 2.31. The van der Waals surface area contributed by atoms with Crippen LogP contribution in [0.4, 0.5) is 0 Å². The van der Waals surface area contributed by atoms with Crippen LogP contribution in [-0.2, 0) is 10.0 Å². The van der Waals surface area contributed by atoms with Gasteiger partial charge in [0.15, 0.2) is 0 Å². The summed E-state index contributed by atoms with van der Waals surface area (Å²) in [5.41, 5.74) is 1.28. The van der Waals surface area contributed by atoms with Gasteiger partial charge in [-0.25, -0.2) is 13.6 Å². The van der Waals surface area contributed by atoms with E-state index in [1.807, 2.05) is 24.3 Å². The highest BCUT2D eigenvalue weighted by atomic mass is 79.9. The Balaban J connectivity index is 2.68. The number of primary sulfonamides is 1. The second kappa shape index (κ2) is 5.32. The summed E-state index contributed by atoms with van der Waals surface area (Å²) in [5, 5.41) is 5.24. The van der Waals surface area contributed by atoms with E-state index in [9.17, 15) is 8.42 Å². The minimum Gasteiger partial charge on any atom is -0.497 e. The molecule has 2 aromatic carbocycles. The molecule has 6 heteroatoms. The molecule has 0 spiro atoms. The summed E-state index contributed by atoms with van der Waals surface area (Å²) >= 11 is 3.34. The lowest BCUT2D eigenvalue weighted by atomic mass is 10.1. The molecule has 0 unspecified atom stereocenters. The Morgan fingerprint density at radius 2 is 1.74 bits per heavy atom. The van der Waals surface area contributed by atoms with Crippen LogP contribution < -0.4 is 9.88 Å². The molecule has 0 aliphatic rings. The maximum Gasteiger partial charge on any atom is 0.238 e. The molecule has 0 amide bonds. The number of halogens is 1. The summed E-state index contributed by atoms with van der Waals surface area (Å²) in [6.45, 7) is 0. The van der Waals surface area contributed by atoms with Gasteiger partial charge in [0.05, 0.1) is 12.0 Å². The van der Waals surface area contributed by atoms with E-state index in [0.29, 0.717) is 11.3 Å². The average Bonchev–Trinajstić information content (AvgIpc) is 2.38. The largest absolute Gasteiger partial charge is 0.497 e. The number of sulfonamides is 1. The van der Waals surface area contributed by atoms with Crippen molar-refractivity contribution in [3.8, 4) is 16.9 Å². The van der Waals surface area contributed by atoms with Crippen LogP contribution in [0, 0.1) is 0 Å². The van der Waals surface area contributed by atoms with E-state index in [0.717, 1.165) is 10.0 Å². The molecule has 0 atom stereocenters. The monoisotopic (exact) mass is 341 g/mol. The highest BCUT2D eigenvalue weighted by Gasteiger charge is 2.16. The van der Waals surface area contributed by atoms with Crippen LogP contribution in [0.1, 0.15) is 0 Å². The van der Waals surface area contributed by atoms with Gasteiger partial charge in [-0.05, 0) is 35.9 Å². The molecule has 0 aliphatic carbocycles. The van der Waals surface area contributed by atoms with Crippen molar-refractivity contribution < 1.29 is 13.2 Å². The minimum atomic E-state index is -3.78. The summed E-state index contributed by atoms with van der Waals surface area (Å²) in [6.07, 6.45) is 0. The fraction of sp³-hybridized carbons (Fsp3) is 0.0769. The second-order valence-corrected chi connectivity index (χ2v) is 6.36. The van der Waals surface area contributed by atoms with E-state index in [1.165, 1.54) is 13.2 Å². The number of nitrogens with two attached hydrogens (primary N) is 1. The normalized spacial score (nSPS) is 11.3. The first kappa shape index (κ1) is 14.0. The fourth-order valence-corrected chi connectivity index (χ4v) is 2.74. The zero-order valence-electron chi connectivity index (χ0n) is 10.1. The maximum absolute atomic E-state index is 11.6. The molecule has 2 N–H and O–H groups in total. The molecule has 2 aromatic rings. The predicted molar refractivity (Wildman–Crippen MR) is 77.5 cm³/mol. The van der Waals surface area contributed by atoms with Gasteiger partial charge in [-0.15, -0.1) is 0 Å². The van der Waals surface area contributed by atoms with Crippen LogP contribution in [0.3, 0.4) is 0 Å². The van der Waals surface area contributed by atoms with E-state index < -0.39 is 10.0 Å². The fourth-order valence-electron chi connectivity index (χ4n) is 1.74. The Morgan fingerprint density at radius 1 is 1.11 bits per heavy atom. The van der Waals surface area contributed by atoms with Crippen LogP contribution >= 0.6 is 15.9 Å². The first-order valence-corrected chi connectivity index (χ1v) is 7.72. The number of rotatable bonds is 3. The van der Waals surface area contributed by atoms with E-state index >= 15 is 0 Å². The Kier molecular flexibility index (Phi) is 3.93. The zero-order valence-corrected chi connectivity index (χ0v) is 12.5. The zero-order chi connectivity index (χ0) is 14.0. The lowest BCUT2D eigenvalue weighted by Gasteiger charge is -2.10. The van der Waals surface area contributed by atoms with Crippen molar-refractivity contribution in [3.05, 3.63) is 46.9 Å². The molecule has 0 saturated carbocycles. The van der Waals surface area contributed by atoms with Gasteiger partial charge in [-0.2, -0.15) is 0 Å². The molecule has 2 rings (SSSR count). The summed E-state index contributed by atoms with van der Waals surface area (Å²) in [6, 6.07) is 12.0. The summed E-state index contributed by atoms with van der Waals surface area (Å²) in [4.78, 5) is 0.0793. The van der Waals surface area contributed by atoms with Crippen LogP contribution in [-0.4, -0.2) is 15.5 Å². The number of hydrogen-bond acceptors (Lipinski definition) is 3. The quantitative estimate of drug-likeness (QED) is 0.933. The van der Waals surface area contributed by atoms with E-state index in [2.05, 4.69) is 15.9 Å². The van der Waals surface area contributed by atoms with E-state index in [1.54, 1.807) is 12.1 Å². The van der Waals surface area contributed by atoms with Crippen molar-refractivity contribution >= 4 is 26.0 Å². The van der Waals surface area contributed by atoms with Crippen molar-refractivity contribution in [3.63, 3.8) is 0 Å². The van der Waals surface area contributed by atoms with Crippen LogP contribution in [0.2, 0.25) is 0 Å². The van der Waals surface area contributed by atoms with Gasteiger partial charge >= 0.3 is 0 Å². The van der Waals surface area contributed by atoms with E-state index in [4.69, 9.17) is 9.88 Å². The minimum absolute atomic E-state index is 0.0793. The third-order valence-electron chi connectivity index (χ3n) is 2.65. The van der Waals surface area contributed by atoms with Gasteiger partial charge in [0, 0.05) is 10.0 Å². The van der Waals surface area contributed by atoms with Crippen LogP contribution in [0.25, 0.3) is 11.1 Å². The van der Waals surface area contributed by atoms with E-state index in [-0.39, 0.29) is 4.90 Å². The maximum atomic E-state index is 11.6. The Labute approximate surface area is 120 Å². The van der Waals surface area contributed by atoms with Gasteiger partial charge in [-0.1, -0.05) is 28.1 Å². The number of ether oxygens (including phenoxy) is 1. The van der Waals surface area contributed by atoms with Crippen molar-refractivity contribution in [2.24, 2.45) is 5.14 Å². The van der Waals surface area contributed by atoms with Crippen molar-refractivity contribution in [2.75, 3.05) is 7.11 Å². The molecule has 0 radical (unpaired) electrons. The third-order valence-corrected chi connectivity index (χ3v) is 4.15. The summed E-state index contributed by atoms with van der Waals surface area (Å²) in [7, 11) is -2.26. The number of benzene rings is 2. The molecule has 0 heterocycles. The lowest BCUT2D eigenvalue weighted by molar-refractivity contribution is 0.414. The van der Waals surface area contributed by atoms with Crippen LogP contribution in [0.5, 0.6) is 5.75 Å². The van der Waals surface area contributed by atoms with Crippen molar-refractivity contribution in [1.82, 2.24) is 0 Å². The van der Waals surface area contributed by atoms with Crippen molar-refractivity contribution in [1.29, 1.82) is 0 Å². The highest BCUT2D eigenvalue weighted by molar-refractivity contribution is 9.10. The third kappa shape index (κ3) is 3.15. The van der Waals surface area contributed by atoms with Gasteiger partial charge in [0.25, 0.3) is 0 Å². The Hall–Kier alpha value is -1.37. The van der Waals surface area contributed by atoms with Gasteiger partial charge in [-0.3, -0.25) is 0 Å². The molecule has 4 nitrogen and oxygen atoms in total. The number of hydrogen-bond donors (Lipinski definition) is 1. The van der Waals surface area contributed by atoms with Crippen LogP contribution in [0.15, 0.2) is 51.8 Å². The molecule has 19 heavy (non-hydrogen) atoms. The first-order valence-electron chi connectivity index (χ1n) is 5.38. The molecule has 0 aliphatic heterocycles. The molecular weight excluding hydrogens is 330 g/mol. The molecule has 0 aromatic heterocycles. The Morgan fingerprint density at radius 3 is 2.26 bits per heavy atom. The van der Waals surface area contributed by atoms with Gasteiger partial charge in [0.1, 0.15) is 5.75 Å². The topological polar surface area (TPSA) is 69.4 Å². The molecule has 0 saturated heterocycles. The molecule has 0 fully saturated rings. The average molecular weight is 342 g/mol. The SMILES string of the molecule is COc1ccc(S(N)(=O)=O)c(-c2ccc(Br)cc2)c1. The lowest BCUT2D eigenvalue weighted by Crippen LogP contribution is -2.13. The Bertz CT molecular complexity index is 696. The first-order chi connectivity index (χ1) is 8.91. The van der Waals surface area contributed by atoms with Gasteiger partial charge < -0.3 is 4.74 Å². The molecule has 0 bridgehead atoms. The smallest absolute Gasteiger partial charge is 0.238 e. The summed E-state index contributed by atoms with van der Waals surface area (Å²) < 4.78 is 29.3. The summed E-state index contributed by atoms with van der Waals surface area (Å²) in [5.74, 6) is 0.574. The number of methoxy groups -OCH3 is 1. The predicted octanol–water partition coefficient (Wildman–Crippen LogP) is 2.77. The molecule has 100 valence electrons. The second-order valence-electron chi connectivity index (χ2n) is 3.91. The standard InChI is InChI=1S/C13H12BrNO3S/c1-18-11-6-7-13(19(15,16)17)12(8-11)9-2-4-10(14)5-3-9/h2-8H,1H3,(H2,15,16,17).